The third-order valence-corrected chi connectivity index (χ3v) is 3.17. The summed E-state index contributed by atoms with van der Waals surface area (Å²) in [5.41, 5.74) is 6.32. The number of nitrogens with zero attached hydrogens (tertiary/aromatic N) is 4. The lowest BCUT2D eigenvalue weighted by Crippen LogP contribution is -2.16. The smallest absolute Gasteiger partial charge is 0.192 e. The maximum absolute atomic E-state index is 14.0. The van der Waals surface area contributed by atoms with Gasteiger partial charge in [0.1, 0.15) is 18.2 Å². The predicted octanol–water partition coefficient (Wildman–Crippen LogP) is 0.387. The van der Waals surface area contributed by atoms with Crippen LogP contribution < -0.4 is 5.73 Å². The number of halogens is 1. The Balaban J connectivity index is 1.84. The van der Waals surface area contributed by atoms with Crippen molar-refractivity contribution in [2.45, 2.75) is 12.5 Å². The van der Waals surface area contributed by atoms with Crippen molar-refractivity contribution in [3.8, 4) is 0 Å². The van der Waals surface area contributed by atoms with Crippen molar-refractivity contribution >= 4 is 25.4 Å². The van der Waals surface area contributed by atoms with Crippen LogP contribution in [-0.4, -0.2) is 41.9 Å². The standard InChI is InChI=1S/C10H11FN5O4P/c11-5-1-6(19-4-21(17)18)20-10(5)16-3-15-7-8(12)13-2-14-9(7)16/h1-3,6,10,17-18H,4H2,(H2,12,13,14). The Kier molecular flexibility index (Phi) is 3.79. The van der Waals surface area contributed by atoms with Crippen LogP contribution in [0.4, 0.5) is 10.2 Å². The molecule has 0 radical (unpaired) electrons. The molecular weight excluding hydrogens is 304 g/mol. The van der Waals surface area contributed by atoms with Gasteiger partial charge in [0.2, 0.25) is 0 Å². The van der Waals surface area contributed by atoms with E-state index >= 15 is 0 Å². The number of anilines is 1. The second kappa shape index (κ2) is 5.58. The molecule has 0 bridgehead atoms. The minimum Gasteiger partial charge on any atom is -0.382 e. The van der Waals surface area contributed by atoms with Crippen molar-refractivity contribution in [2.24, 2.45) is 0 Å². The molecule has 0 saturated carbocycles. The van der Waals surface area contributed by atoms with Crippen LogP contribution in [-0.2, 0) is 9.47 Å². The van der Waals surface area contributed by atoms with E-state index in [0.29, 0.717) is 11.2 Å². The molecule has 0 spiro atoms. The lowest BCUT2D eigenvalue weighted by Gasteiger charge is -2.16. The number of ether oxygens (including phenoxy) is 2. The van der Waals surface area contributed by atoms with Crippen molar-refractivity contribution in [2.75, 3.05) is 12.1 Å². The highest BCUT2D eigenvalue weighted by Crippen LogP contribution is 2.34. The van der Waals surface area contributed by atoms with Crippen LogP contribution in [0.25, 0.3) is 11.2 Å². The molecule has 1 aliphatic heterocycles. The fraction of sp³-hybridized carbons (Fsp3) is 0.300. The largest absolute Gasteiger partial charge is 0.382 e. The Bertz CT molecular complexity index is 693. The Labute approximate surface area is 118 Å². The average molecular weight is 315 g/mol. The number of imidazole rings is 1. The molecule has 0 aliphatic carbocycles. The van der Waals surface area contributed by atoms with Crippen LogP contribution >= 0.6 is 8.38 Å². The zero-order chi connectivity index (χ0) is 15.0. The second-order valence-corrected chi connectivity index (χ2v) is 5.16. The Morgan fingerprint density at radius 1 is 1.43 bits per heavy atom. The highest BCUT2D eigenvalue weighted by Gasteiger charge is 2.31. The topological polar surface area (TPSA) is 129 Å². The van der Waals surface area contributed by atoms with Crippen LogP contribution in [0, 0.1) is 0 Å². The third kappa shape index (κ3) is 2.71. The molecule has 2 aromatic heterocycles. The van der Waals surface area contributed by atoms with Gasteiger partial charge in [-0.1, -0.05) is 0 Å². The van der Waals surface area contributed by atoms with Crippen LogP contribution in [0.3, 0.4) is 0 Å². The zero-order valence-corrected chi connectivity index (χ0v) is 11.4. The predicted molar refractivity (Wildman–Crippen MR) is 70.1 cm³/mol. The fourth-order valence-corrected chi connectivity index (χ4v) is 2.19. The van der Waals surface area contributed by atoms with Crippen LogP contribution in [0.15, 0.2) is 24.6 Å². The van der Waals surface area contributed by atoms with E-state index in [9.17, 15) is 4.39 Å². The number of nitrogen functional groups attached to an aromatic ring is 1. The Morgan fingerprint density at radius 2 is 2.24 bits per heavy atom. The highest BCUT2D eigenvalue weighted by atomic mass is 31.2. The van der Waals surface area contributed by atoms with Crippen molar-refractivity contribution < 1.29 is 23.7 Å². The summed E-state index contributed by atoms with van der Waals surface area (Å²) in [4.78, 5) is 29.4. The monoisotopic (exact) mass is 315 g/mol. The lowest BCUT2D eigenvalue weighted by molar-refractivity contribution is -0.129. The van der Waals surface area contributed by atoms with Crippen LogP contribution in [0.1, 0.15) is 6.23 Å². The molecular formula is C10H11FN5O4P. The molecule has 9 nitrogen and oxygen atoms in total. The zero-order valence-electron chi connectivity index (χ0n) is 10.5. The molecule has 0 fully saturated rings. The quantitative estimate of drug-likeness (QED) is 0.691. The number of fused-ring (bicyclic) bond motifs is 1. The van der Waals surface area contributed by atoms with E-state index in [2.05, 4.69) is 15.0 Å². The first-order valence-electron chi connectivity index (χ1n) is 5.79. The SMILES string of the molecule is Nc1ncnc2c1ncn2C1OC(OCP(O)O)C=C1F. The number of rotatable bonds is 4. The van der Waals surface area contributed by atoms with Gasteiger partial charge in [-0.2, -0.15) is 0 Å². The van der Waals surface area contributed by atoms with Gasteiger partial charge >= 0.3 is 0 Å². The van der Waals surface area contributed by atoms with Crippen molar-refractivity contribution in [1.29, 1.82) is 0 Å². The number of aromatic nitrogens is 4. The Hall–Kier alpha value is -1.71. The molecule has 11 heteroatoms. The fourth-order valence-electron chi connectivity index (χ4n) is 1.91. The van der Waals surface area contributed by atoms with Gasteiger partial charge in [0, 0.05) is 6.08 Å². The molecule has 2 atom stereocenters. The molecule has 3 heterocycles. The minimum atomic E-state index is -2.23. The van der Waals surface area contributed by atoms with E-state index in [1.165, 1.54) is 17.2 Å². The van der Waals surface area contributed by atoms with E-state index in [4.69, 9.17) is 25.0 Å². The van der Waals surface area contributed by atoms with E-state index < -0.39 is 26.7 Å². The van der Waals surface area contributed by atoms with Crippen molar-refractivity contribution in [1.82, 2.24) is 19.5 Å². The van der Waals surface area contributed by atoms with Crippen LogP contribution in [0.5, 0.6) is 0 Å². The van der Waals surface area contributed by atoms with Gasteiger partial charge in [-0.15, -0.1) is 0 Å². The highest BCUT2D eigenvalue weighted by molar-refractivity contribution is 7.44. The lowest BCUT2D eigenvalue weighted by atomic mass is 10.4. The summed E-state index contributed by atoms with van der Waals surface area (Å²) in [6.07, 6.45) is 1.22. The van der Waals surface area contributed by atoms with E-state index in [1.54, 1.807) is 0 Å². The van der Waals surface area contributed by atoms with Crippen LogP contribution in [0.2, 0.25) is 0 Å². The first-order valence-corrected chi connectivity index (χ1v) is 7.22. The number of hydrogen-bond acceptors (Lipinski definition) is 8. The maximum atomic E-state index is 14.0. The molecule has 3 rings (SSSR count). The van der Waals surface area contributed by atoms with Crippen molar-refractivity contribution in [3.05, 3.63) is 24.6 Å². The second-order valence-electron chi connectivity index (χ2n) is 4.16. The molecule has 4 N–H and O–H groups in total. The molecule has 1 aliphatic rings. The summed E-state index contributed by atoms with van der Waals surface area (Å²) >= 11 is 0. The van der Waals surface area contributed by atoms with Gasteiger partial charge in [0.15, 0.2) is 38.2 Å². The molecule has 0 amide bonds. The molecule has 2 aromatic rings. The normalized spacial score (nSPS) is 22.2. The van der Waals surface area contributed by atoms with Gasteiger partial charge in [0.05, 0.1) is 6.33 Å². The third-order valence-electron chi connectivity index (χ3n) is 2.79. The van der Waals surface area contributed by atoms with Gasteiger partial charge < -0.3 is 25.0 Å². The number of nitrogens with two attached hydrogens (primary N) is 1. The first-order chi connectivity index (χ1) is 10.1. The van der Waals surface area contributed by atoms with E-state index in [1.807, 2.05) is 0 Å². The average Bonchev–Trinajstić information content (AvgIpc) is 3.01. The first kappa shape index (κ1) is 14.2. The van der Waals surface area contributed by atoms with E-state index in [-0.39, 0.29) is 12.2 Å². The minimum absolute atomic E-state index is 0.181. The summed E-state index contributed by atoms with van der Waals surface area (Å²) in [5, 5.41) is 0. The number of hydrogen-bond donors (Lipinski definition) is 3. The van der Waals surface area contributed by atoms with Gasteiger partial charge in [-0.25, -0.2) is 19.3 Å². The van der Waals surface area contributed by atoms with Gasteiger partial charge in [-0.3, -0.25) is 4.57 Å². The van der Waals surface area contributed by atoms with Gasteiger partial charge in [-0.05, 0) is 0 Å². The summed E-state index contributed by atoms with van der Waals surface area (Å²) in [6.45, 7) is 0. The molecule has 21 heavy (non-hydrogen) atoms. The maximum Gasteiger partial charge on any atom is 0.192 e. The summed E-state index contributed by atoms with van der Waals surface area (Å²) < 4.78 is 25.7. The summed E-state index contributed by atoms with van der Waals surface area (Å²) in [6, 6.07) is 0. The molecule has 0 aromatic carbocycles. The van der Waals surface area contributed by atoms with E-state index in [0.717, 1.165) is 6.08 Å². The molecule has 2 unspecified atom stereocenters. The summed E-state index contributed by atoms with van der Waals surface area (Å²) in [7, 11) is -2.23. The Morgan fingerprint density at radius 3 is 3.00 bits per heavy atom. The van der Waals surface area contributed by atoms with Crippen molar-refractivity contribution in [3.63, 3.8) is 0 Å². The molecule has 112 valence electrons. The van der Waals surface area contributed by atoms with Gasteiger partial charge in [0.25, 0.3) is 0 Å². The molecule has 0 saturated heterocycles. The summed E-state index contributed by atoms with van der Waals surface area (Å²) in [5.74, 6) is -0.420.